The van der Waals surface area contributed by atoms with E-state index in [2.05, 4.69) is 5.32 Å². The second-order valence-corrected chi connectivity index (χ2v) is 4.99. The number of carbonyl (C=O) groups excluding carboxylic acids is 1. The van der Waals surface area contributed by atoms with Crippen molar-refractivity contribution in [3.05, 3.63) is 0 Å². The summed E-state index contributed by atoms with van der Waals surface area (Å²) >= 11 is 0. The Morgan fingerprint density at radius 3 is 2.53 bits per heavy atom. The maximum Gasteiger partial charge on any atom is 0.239 e. The van der Waals surface area contributed by atoms with Gasteiger partial charge in [-0.2, -0.15) is 0 Å². The fourth-order valence-corrected chi connectivity index (χ4v) is 1.99. The van der Waals surface area contributed by atoms with Crippen molar-refractivity contribution in [1.82, 2.24) is 5.32 Å². The summed E-state index contributed by atoms with van der Waals surface area (Å²) < 4.78 is 0. The van der Waals surface area contributed by atoms with Crippen molar-refractivity contribution in [2.75, 3.05) is 6.54 Å². The first-order chi connectivity index (χ1) is 7.06. The molecular weight excluding hydrogens is 188 g/mol. The quantitative estimate of drug-likeness (QED) is 0.746. The van der Waals surface area contributed by atoms with Gasteiger partial charge in [0.15, 0.2) is 0 Å². The summed E-state index contributed by atoms with van der Waals surface area (Å²) in [5, 5.41) is 2.98. The van der Waals surface area contributed by atoms with E-state index >= 15 is 0 Å². The fraction of sp³-hybridized carbons (Fsp3) is 0.917. The Kier molecular flexibility index (Phi) is 4.58. The molecule has 15 heavy (non-hydrogen) atoms. The first kappa shape index (κ1) is 12.5. The van der Waals surface area contributed by atoms with Crippen LogP contribution in [0.25, 0.3) is 0 Å². The second kappa shape index (κ2) is 5.50. The van der Waals surface area contributed by atoms with Crippen molar-refractivity contribution in [3.63, 3.8) is 0 Å². The molecule has 0 aromatic carbocycles. The number of hydrogen-bond acceptors (Lipinski definition) is 2. The summed E-state index contributed by atoms with van der Waals surface area (Å²) in [5.41, 5.74) is 5.16. The van der Waals surface area contributed by atoms with Crippen LogP contribution < -0.4 is 11.1 Å². The van der Waals surface area contributed by atoms with Crippen molar-refractivity contribution < 1.29 is 4.79 Å². The minimum atomic E-state index is -0.700. The number of hydrogen-bond donors (Lipinski definition) is 2. The predicted molar refractivity (Wildman–Crippen MR) is 62.5 cm³/mol. The van der Waals surface area contributed by atoms with Crippen LogP contribution in [0.15, 0.2) is 0 Å². The Hall–Kier alpha value is -0.570. The summed E-state index contributed by atoms with van der Waals surface area (Å²) in [4.78, 5) is 11.7. The van der Waals surface area contributed by atoms with E-state index < -0.39 is 5.54 Å². The molecular formula is C12H24N2O. The molecule has 0 spiro atoms. The molecule has 0 aromatic rings. The standard InChI is InChI=1S/C12H24N2O/c1-3-12(2,13)11(15)14-9-10-7-5-4-6-8-10/h10H,3-9,13H2,1-2H3,(H,14,15). The van der Waals surface area contributed by atoms with Gasteiger partial charge in [0.05, 0.1) is 5.54 Å². The highest BCUT2D eigenvalue weighted by molar-refractivity contribution is 5.85. The lowest BCUT2D eigenvalue weighted by Crippen LogP contribution is -2.52. The summed E-state index contributed by atoms with van der Waals surface area (Å²) in [6, 6.07) is 0. The monoisotopic (exact) mass is 212 g/mol. The molecule has 1 amide bonds. The molecule has 0 aromatic heterocycles. The van der Waals surface area contributed by atoms with Crippen molar-refractivity contribution >= 4 is 5.91 Å². The smallest absolute Gasteiger partial charge is 0.239 e. The largest absolute Gasteiger partial charge is 0.354 e. The van der Waals surface area contributed by atoms with Crippen LogP contribution in [-0.4, -0.2) is 18.0 Å². The van der Waals surface area contributed by atoms with Gasteiger partial charge in [0.1, 0.15) is 0 Å². The molecule has 1 unspecified atom stereocenters. The lowest BCUT2D eigenvalue weighted by Gasteiger charge is -2.26. The van der Waals surface area contributed by atoms with Crippen LogP contribution in [0.3, 0.4) is 0 Å². The Balaban J connectivity index is 2.26. The van der Waals surface area contributed by atoms with Crippen molar-refractivity contribution in [3.8, 4) is 0 Å². The molecule has 88 valence electrons. The fourth-order valence-electron chi connectivity index (χ4n) is 1.99. The molecule has 0 heterocycles. The zero-order valence-electron chi connectivity index (χ0n) is 10.0. The molecule has 3 N–H and O–H groups in total. The SMILES string of the molecule is CCC(C)(N)C(=O)NCC1CCCCC1. The topological polar surface area (TPSA) is 55.1 Å². The van der Waals surface area contributed by atoms with Gasteiger partial charge in [-0.25, -0.2) is 0 Å². The van der Waals surface area contributed by atoms with Gasteiger partial charge in [-0.05, 0) is 32.1 Å². The van der Waals surface area contributed by atoms with Crippen LogP contribution in [0.5, 0.6) is 0 Å². The van der Waals surface area contributed by atoms with Crippen LogP contribution >= 0.6 is 0 Å². The van der Waals surface area contributed by atoms with E-state index in [1.54, 1.807) is 6.92 Å². The van der Waals surface area contributed by atoms with Crippen molar-refractivity contribution in [1.29, 1.82) is 0 Å². The zero-order valence-corrected chi connectivity index (χ0v) is 10.0. The average molecular weight is 212 g/mol. The molecule has 1 atom stereocenters. The van der Waals surface area contributed by atoms with E-state index in [1.807, 2.05) is 6.92 Å². The highest BCUT2D eigenvalue weighted by atomic mass is 16.2. The predicted octanol–water partition coefficient (Wildman–Crippen LogP) is 1.81. The lowest BCUT2D eigenvalue weighted by molar-refractivity contribution is -0.126. The third kappa shape index (κ3) is 3.82. The highest BCUT2D eigenvalue weighted by Crippen LogP contribution is 2.22. The lowest BCUT2D eigenvalue weighted by atomic mass is 9.89. The number of nitrogens with two attached hydrogens (primary N) is 1. The molecule has 1 aliphatic carbocycles. The first-order valence-electron chi connectivity index (χ1n) is 6.13. The van der Waals surface area contributed by atoms with Gasteiger partial charge < -0.3 is 11.1 Å². The highest BCUT2D eigenvalue weighted by Gasteiger charge is 2.26. The molecule has 1 aliphatic rings. The molecule has 0 radical (unpaired) electrons. The number of carbonyl (C=O) groups is 1. The van der Waals surface area contributed by atoms with Gasteiger partial charge in [0, 0.05) is 6.54 Å². The van der Waals surface area contributed by atoms with E-state index in [0.29, 0.717) is 12.3 Å². The van der Waals surface area contributed by atoms with Crippen LogP contribution in [-0.2, 0) is 4.79 Å². The second-order valence-electron chi connectivity index (χ2n) is 4.99. The van der Waals surface area contributed by atoms with Crippen LogP contribution in [0.2, 0.25) is 0 Å². The van der Waals surface area contributed by atoms with Crippen molar-refractivity contribution in [2.45, 2.75) is 57.9 Å². The summed E-state index contributed by atoms with van der Waals surface area (Å²) in [6.07, 6.45) is 7.18. The Labute approximate surface area is 92.8 Å². The van der Waals surface area contributed by atoms with Gasteiger partial charge in [0.2, 0.25) is 5.91 Å². The van der Waals surface area contributed by atoms with E-state index in [0.717, 1.165) is 6.54 Å². The maximum absolute atomic E-state index is 11.7. The summed E-state index contributed by atoms with van der Waals surface area (Å²) in [6.45, 7) is 4.55. The van der Waals surface area contributed by atoms with Gasteiger partial charge >= 0.3 is 0 Å². The molecule has 1 fully saturated rings. The number of nitrogens with one attached hydrogen (secondary N) is 1. The van der Waals surface area contributed by atoms with Gasteiger partial charge in [-0.1, -0.05) is 26.2 Å². The molecule has 0 aliphatic heterocycles. The minimum Gasteiger partial charge on any atom is -0.354 e. The molecule has 3 heteroatoms. The molecule has 0 saturated heterocycles. The maximum atomic E-state index is 11.7. The minimum absolute atomic E-state index is 0.00410. The Morgan fingerprint density at radius 1 is 1.40 bits per heavy atom. The Morgan fingerprint density at radius 2 is 2.00 bits per heavy atom. The van der Waals surface area contributed by atoms with Gasteiger partial charge in [0.25, 0.3) is 0 Å². The van der Waals surface area contributed by atoms with E-state index in [4.69, 9.17) is 5.73 Å². The van der Waals surface area contributed by atoms with Gasteiger partial charge in [-0.15, -0.1) is 0 Å². The summed E-state index contributed by atoms with van der Waals surface area (Å²) in [7, 11) is 0. The molecule has 0 bridgehead atoms. The van der Waals surface area contributed by atoms with E-state index in [1.165, 1.54) is 32.1 Å². The normalized spacial score (nSPS) is 22.1. The molecule has 3 nitrogen and oxygen atoms in total. The molecule has 1 saturated carbocycles. The average Bonchev–Trinajstić information content (AvgIpc) is 2.27. The first-order valence-corrected chi connectivity index (χ1v) is 6.13. The summed E-state index contributed by atoms with van der Waals surface area (Å²) in [5.74, 6) is 0.672. The number of amides is 1. The van der Waals surface area contributed by atoms with Crippen LogP contribution in [0.1, 0.15) is 52.4 Å². The van der Waals surface area contributed by atoms with Crippen LogP contribution in [0.4, 0.5) is 0 Å². The Bertz CT molecular complexity index is 208. The van der Waals surface area contributed by atoms with E-state index in [-0.39, 0.29) is 5.91 Å². The third-order valence-electron chi connectivity index (χ3n) is 3.53. The van der Waals surface area contributed by atoms with Crippen molar-refractivity contribution in [2.24, 2.45) is 11.7 Å². The van der Waals surface area contributed by atoms with Gasteiger partial charge in [-0.3, -0.25) is 4.79 Å². The van der Waals surface area contributed by atoms with E-state index in [9.17, 15) is 4.79 Å². The molecule has 1 rings (SSSR count). The number of rotatable bonds is 4. The zero-order chi connectivity index (χ0) is 11.3. The van der Waals surface area contributed by atoms with Crippen LogP contribution in [0, 0.1) is 5.92 Å². The third-order valence-corrected chi connectivity index (χ3v) is 3.53.